The molecule has 0 aliphatic heterocycles. The highest BCUT2D eigenvalue weighted by Gasteiger charge is 2.07. The number of fused-ring (bicyclic) bond motifs is 9. The van der Waals surface area contributed by atoms with Gasteiger partial charge in [0.25, 0.3) is 0 Å². The Morgan fingerprint density at radius 3 is 1.07 bits per heavy atom. The summed E-state index contributed by atoms with van der Waals surface area (Å²) in [7, 11) is 0. The van der Waals surface area contributed by atoms with Crippen LogP contribution in [-0.4, -0.2) is 0 Å². The van der Waals surface area contributed by atoms with E-state index in [1.165, 1.54) is 95.3 Å². The van der Waals surface area contributed by atoms with E-state index in [1.54, 1.807) is 0 Å². The molecule has 2 heteroatoms. The minimum atomic E-state index is 1.21. The number of aryl methyl sites for hydroxylation is 2. The van der Waals surface area contributed by atoms with Crippen molar-refractivity contribution in [3.63, 3.8) is 0 Å². The van der Waals surface area contributed by atoms with Crippen LogP contribution < -0.4 is 0 Å². The Bertz CT molecular complexity index is 2520. The summed E-state index contributed by atoms with van der Waals surface area (Å²) in [5.74, 6) is 0. The molecule has 2 heterocycles. The summed E-state index contributed by atoms with van der Waals surface area (Å²) in [6, 6.07) is 45.2. The lowest BCUT2D eigenvalue weighted by Gasteiger charge is -2.06. The summed E-state index contributed by atoms with van der Waals surface area (Å²) in [6.45, 7) is 4.32. The lowest BCUT2D eigenvalue weighted by molar-refractivity contribution is 1.52. The fourth-order valence-corrected chi connectivity index (χ4v) is 9.21. The Morgan fingerprint density at radius 2 is 0.652 bits per heavy atom. The molecule has 0 aliphatic rings. The summed E-state index contributed by atoms with van der Waals surface area (Å²) in [4.78, 5) is 0. The molecule has 0 atom stereocenters. The zero-order chi connectivity index (χ0) is 30.8. The van der Waals surface area contributed by atoms with E-state index in [-0.39, 0.29) is 0 Å². The molecule has 9 aromatic rings. The van der Waals surface area contributed by atoms with Crippen molar-refractivity contribution in [2.45, 2.75) is 13.8 Å². The number of thiophene rings is 2. The van der Waals surface area contributed by atoms with Gasteiger partial charge in [-0.2, -0.15) is 0 Å². The Balaban J connectivity index is 0.974. The van der Waals surface area contributed by atoms with Crippen LogP contribution in [0.2, 0.25) is 0 Å². The molecule has 0 N–H and O–H groups in total. The van der Waals surface area contributed by atoms with Gasteiger partial charge in [-0.25, -0.2) is 0 Å². The van der Waals surface area contributed by atoms with Gasteiger partial charge in [-0.15, -0.1) is 22.7 Å². The fourth-order valence-electron chi connectivity index (χ4n) is 6.71. The van der Waals surface area contributed by atoms with Crippen molar-refractivity contribution in [1.29, 1.82) is 0 Å². The molecular weight excluding hydrogens is 593 g/mol. The molecular formula is C44H30S2. The van der Waals surface area contributed by atoms with Crippen LogP contribution in [0.25, 0.3) is 86.2 Å². The summed E-state index contributed by atoms with van der Waals surface area (Å²) < 4.78 is 5.41. The lowest BCUT2D eigenvalue weighted by Crippen LogP contribution is -1.81. The molecule has 0 aliphatic carbocycles. The van der Waals surface area contributed by atoms with Crippen LogP contribution in [0.1, 0.15) is 33.4 Å². The van der Waals surface area contributed by atoms with Crippen molar-refractivity contribution in [3.8, 4) is 0 Å². The predicted molar refractivity (Wildman–Crippen MR) is 207 cm³/mol. The van der Waals surface area contributed by atoms with Crippen molar-refractivity contribution in [2.24, 2.45) is 0 Å². The van der Waals surface area contributed by atoms with Gasteiger partial charge in [-0.05, 0) is 105 Å². The van der Waals surface area contributed by atoms with Gasteiger partial charge in [0.05, 0.1) is 0 Å². The van der Waals surface area contributed by atoms with Crippen molar-refractivity contribution in [2.75, 3.05) is 0 Å². The predicted octanol–water partition coefficient (Wildman–Crippen LogP) is 13.7. The van der Waals surface area contributed by atoms with Gasteiger partial charge in [0.1, 0.15) is 0 Å². The summed E-state index contributed by atoms with van der Waals surface area (Å²) in [6.07, 6.45) is 8.92. The number of hydrogen-bond donors (Lipinski definition) is 0. The second kappa shape index (κ2) is 10.8. The van der Waals surface area contributed by atoms with Crippen LogP contribution >= 0.6 is 22.7 Å². The standard InChI is InChI=1S/C44H30S2/c1-27-3-15-37-39-19-11-31(25-43(39)45-41(37)21-27)7-5-29-9-17-35-33(23-29)13-14-34-24-30(10-18-36(34)35)6-8-32-12-20-40-38-16-4-28(2)22-42(38)46-44(40)26-32/h3-26H,1-2H3/b7-5+,8-6+. The first kappa shape index (κ1) is 27.3. The second-order valence-electron chi connectivity index (χ2n) is 12.4. The molecule has 9 rings (SSSR count). The lowest BCUT2D eigenvalue weighted by atomic mass is 9.98. The van der Waals surface area contributed by atoms with Gasteiger partial charge in [0.15, 0.2) is 0 Å². The van der Waals surface area contributed by atoms with Gasteiger partial charge in [0.2, 0.25) is 0 Å². The number of rotatable bonds is 4. The van der Waals surface area contributed by atoms with Crippen molar-refractivity contribution < 1.29 is 0 Å². The largest absolute Gasteiger partial charge is 0.135 e. The maximum absolute atomic E-state index is 2.32. The molecule has 7 aromatic carbocycles. The summed E-state index contributed by atoms with van der Waals surface area (Å²) >= 11 is 3.76. The first-order valence-electron chi connectivity index (χ1n) is 15.7. The van der Waals surface area contributed by atoms with E-state index in [4.69, 9.17) is 0 Å². The highest BCUT2D eigenvalue weighted by Crippen LogP contribution is 2.37. The van der Waals surface area contributed by atoms with E-state index in [0.717, 1.165) is 0 Å². The average molecular weight is 623 g/mol. The summed E-state index contributed by atoms with van der Waals surface area (Å²) in [5.41, 5.74) is 7.51. The van der Waals surface area contributed by atoms with Gasteiger partial charge in [-0.3, -0.25) is 0 Å². The molecule has 2 aromatic heterocycles. The third-order valence-electron chi connectivity index (χ3n) is 9.13. The van der Waals surface area contributed by atoms with Gasteiger partial charge in [0, 0.05) is 40.3 Å². The summed E-state index contributed by atoms with van der Waals surface area (Å²) in [5, 5.41) is 10.5. The van der Waals surface area contributed by atoms with Gasteiger partial charge < -0.3 is 0 Å². The third-order valence-corrected chi connectivity index (χ3v) is 11.4. The molecule has 0 radical (unpaired) electrons. The van der Waals surface area contributed by atoms with Crippen LogP contribution in [0, 0.1) is 13.8 Å². The van der Waals surface area contributed by atoms with E-state index in [2.05, 4.69) is 159 Å². The smallest absolute Gasteiger partial charge is 0.0361 e. The molecule has 0 unspecified atom stereocenters. The molecule has 0 nitrogen and oxygen atoms in total. The van der Waals surface area contributed by atoms with Crippen LogP contribution in [0.3, 0.4) is 0 Å². The Labute approximate surface area is 276 Å². The number of hydrogen-bond acceptors (Lipinski definition) is 2. The molecule has 0 bridgehead atoms. The van der Waals surface area contributed by atoms with Crippen LogP contribution in [0.5, 0.6) is 0 Å². The normalized spacial score (nSPS) is 12.4. The third kappa shape index (κ3) is 4.82. The quantitative estimate of drug-likeness (QED) is 0.135. The zero-order valence-corrected chi connectivity index (χ0v) is 27.3. The monoisotopic (exact) mass is 622 g/mol. The molecule has 0 spiro atoms. The van der Waals surface area contributed by atoms with Crippen molar-refractivity contribution >= 4 is 109 Å². The van der Waals surface area contributed by atoms with Crippen LogP contribution in [0.15, 0.2) is 121 Å². The first-order valence-corrected chi connectivity index (χ1v) is 17.4. The van der Waals surface area contributed by atoms with E-state index in [0.29, 0.717) is 0 Å². The zero-order valence-electron chi connectivity index (χ0n) is 25.7. The molecule has 0 saturated heterocycles. The molecule has 0 saturated carbocycles. The molecule has 218 valence electrons. The Morgan fingerprint density at radius 1 is 0.326 bits per heavy atom. The van der Waals surface area contributed by atoms with Crippen molar-refractivity contribution in [1.82, 2.24) is 0 Å². The SMILES string of the molecule is Cc1ccc2c(c1)sc1cc(/C=C/c3ccc4c(ccc5cc(/C=C/c6ccc7c(c6)sc6cc(C)ccc67)ccc54)c3)ccc12. The Kier molecular flexibility index (Phi) is 6.41. The maximum Gasteiger partial charge on any atom is 0.0361 e. The van der Waals surface area contributed by atoms with Crippen molar-refractivity contribution in [3.05, 3.63) is 155 Å². The van der Waals surface area contributed by atoms with E-state index in [9.17, 15) is 0 Å². The minimum absolute atomic E-state index is 1.21. The van der Waals surface area contributed by atoms with Crippen LogP contribution in [0.4, 0.5) is 0 Å². The number of benzene rings is 7. The van der Waals surface area contributed by atoms with E-state index in [1.807, 2.05) is 22.7 Å². The minimum Gasteiger partial charge on any atom is -0.135 e. The Hall–Kier alpha value is -5.02. The van der Waals surface area contributed by atoms with Crippen LogP contribution in [-0.2, 0) is 0 Å². The molecule has 0 amide bonds. The van der Waals surface area contributed by atoms with Gasteiger partial charge >= 0.3 is 0 Å². The molecule has 46 heavy (non-hydrogen) atoms. The molecule has 0 fully saturated rings. The highest BCUT2D eigenvalue weighted by molar-refractivity contribution is 7.26. The van der Waals surface area contributed by atoms with Gasteiger partial charge in [-0.1, -0.05) is 109 Å². The second-order valence-corrected chi connectivity index (χ2v) is 14.6. The first-order chi connectivity index (χ1) is 22.5. The topological polar surface area (TPSA) is 0 Å². The maximum atomic E-state index is 2.32. The fraction of sp³-hybridized carbons (Fsp3) is 0.0455. The van der Waals surface area contributed by atoms with E-state index < -0.39 is 0 Å². The van der Waals surface area contributed by atoms with E-state index >= 15 is 0 Å². The highest BCUT2D eigenvalue weighted by atomic mass is 32.1. The average Bonchev–Trinajstić information content (AvgIpc) is 3.62.